The van der Waals surface area contributed by atoms with Crippen molar-refractivity contribution in [2.45, 2.75) is 63.8 Å². The number of thiazole rings is 1. The molecule has 1 saturated heterocycles. The molecular formula is C17H25N3O2S. The average molecular weight is 335 g/mol. The predicted molar refractivity (Wildman–Crippen MR) is 90.4 cm³/mol. The Labute approximate surface area is 141 Å². The second-order valence-corrected chi connectivity index (χ2v) is 7.42. The third-order valence-electron chi connectivity index (χ3n) is 4.54. The number of nitrogens with zero attached hydrogens (tertiary/aromatic N) is 2. The van der Waals surface area contributed by atoms with E-state index in [-0.39, 0.29) is 17.9 Å². The van der Waals surface area contributed by atoms with E-state index < -0.39 is 0 Å². The Morgan fingerprint density at radius 2 is 2.22 bits per heavy atom. The van der Waals surface area contributed by atoms with Crippen LogP contribution in [0.2, 0.25) is 0 Å². The van der Waals surface area contributed by atoms with Gasteiger partial charge in [0.15, 0.2) is 0 Å². The molecule has 2 aliphatic rings. The molecule has 0 bridgehead atoms. The summed E-state index contributed by atoms with van der Waals surface area (Å²) < 4.78 is 0. The molecule has 2 amide bonds. The van der Waals surface area contributed by atoms with E-state index in [9.17, 15) is 9.59 Å². The molecule has 1 saturated carbocycles. The van der Waals surface area contributed by atoms with Crippen LogP contribution < -0.4 is 5.32 Å². The Kier molecular flexibility index (Phi) is 5.30. The van der Waals surface area contributed by atoms with Crippen molar-refractivity contribution in [1.82, 2.24) is 15.2 Å². The van der Waals surface area contributed by atoms with E-state index >= 15 is 0 Å². The average Bonchev–Trinajstić information content (AvgIpc) is 3.09. The van der Waals surface area contributed by atoms with Crippen LogP contribution in [0.15, 0.2) is 5.38 Å². The molecule has 1 atom stereocenters. The van der Waals surface area contributed by atoms with Crippen LogP contribution in [0.25, 0.3) is 0 Å². The Bertz CT molecular complexity index is 568. The smallest absolute Gasteiger partial charge is 0.242 e. The highest BCUT2D eigenvalue weighted by atomic mass is 32.1. The van der Waals surface area contributed by atoms with Crippen molar-refractivity contribution in [3.8, 4) is 0 Å². The summed E-state index contributed by atoms with van der Waals surface area (Å²) in [6.07, 6.45) is 6.38. The normalized spacial score (nSPS) is 20.7. The van der Waals surface area contributed by atoms with Gasteiger partial charge in [-0.2, -0.15) is 0 Å². The first-order valence-electron chi connectivity index (χ1n) is 8.70. The molecule has 5 nitrogen and oxygen atoms in total. The summed E-state index contributed by atoms with van der Waals surface area (Å²) >= 11 is 1.69. The molecule has 1 unspecified atom stereocenters. The zero-order valence-electron chi connectivity index (χ0n) is 13.7. The predicted octanol–water partition coefficient (Wildman–Crippen LogP) is 2.47. The molecule has 1 aliphatic carbocycles. The summed E-state index contributed by atoms with van der Waals surface area (Å²) in [5.74, 6) is 0.788. The Balaban J connectivity index is 1.45. The Morgan fingerprint density at radius 3 is 2.96 bits per heavy atom. The van der Waals surface area contributed by atoms with Crippen LogP contribution in [-0.4, -0.2) is 40.8 Å². The fourth-order valence-corrected chi connectivity index (χ4v) is 3.99. The molecule has 0 spiro atoms. The second kappa shape index (κ2) is 7.43. The molecule has 1 aromatic heterocycles. The number of carbonyl (C=O) groups is 2. The lowest BCUT2D eigenvalue weighted by molar-refractivity contribution is -0.138. The zero-order chi connectivity index (χ0) is 16.2. The molecule has 3 rings (SSSR count). The van der Waals surface area contributed by atoms with Crippen molar-refractivity contribution in [2.24, 2.45) is 0 Å². The molecule has 1 N–H and O–H groups in total. The third kappa shape index (κ3) is 4.10. The standard InChI is InChI=1S/C17H25N3O2S/c1-2-4-16(21)20-10-3-5-14(20)17(22)18-9-8-15-19-13(11-23-15)12-6-7-12/h11-12,14H,2-10H2,1H3,(H,18,22). The van der Waals surface area contributed by atoms with Gasteiger partial charge in [0, 0.05) is 37.2 Å². The number of amides is 2. The minimum atomic E-state index is -0.271. The van der Waals surface area contributed by atoms with Crippen molar-refractivity contribution in [2.75, 3.05) is 13.1 Å². The lowest BCUT2D eigenvalue weighted by Crippen LogP contribution is -2.46. The van der Waals surface area contributed by atoms with Gasteiger partial charge in [-0.1, -0.05) is 6.92 Å². The SMILES string of the molecule is CCCC(=O)N1CCCC1C(=O)NCCc1nc(C2CC2)cs1. The molecule has 1 aromatic rings. The van der Waals surface area contributed by atoms with Gasteiger partial charge >= 0.3 is 0 Å². The highest BCUT2D eigenvalue weighted by Crippen LogP contribution is 2.40. The van der Waals surface area contributed by atoms with Gasteiger partial charge in [0.05, 0.1) is 10.7 Å². The first kappa shape index (κ1) is 16.4. The van der Waals surface area contributed by atoms with E-state index in [0.717, 1.165) is 30.7 Å². The fourth-order valence-electron chi connectivity index (χ4n) is 3.11. The first-order valence-corrected chi connectivity index (χ1v) is 9.58. The van der Waals surface area contributed by atoms with Crippen LogP contribution in [0.1, 0.15) is 62.1 Å². The summed E-state index contributed by atoms with van der Waals surface area (Å²) in [5.41, 5.74) is 1.23. The second-order valence-electron chi connectivity index (χ2n) is 6.48. The van der Waals surface area contributed by atoms with Gasteiger partial charge in [-0.15, -0.1) is 11.3 Å². The van der Waals surface area contributed by atoms with E-state index in [1.54, 1.807) is 16.2 Å². The Morgan fingerprint density at radius 1 is 1.39 bits per heavy atom. The van der Waals surface area contributed by atoms with E-state index in [4.69, 9.17) is 0 Å². The molecule has 0 radical (unpaired) electrons. The minimum absolute atomic E-state index is 0.00840. The van der Waals surface area contributed by atoms with Crippen LogP contribution in [0.4, 0.5) is 0 Å². The Hall–Kier alpha value is -1.43. The minimum Gasteiger partial charge on any atom is -0.354 e. The van der Waals surface area contributed by atoms with Gasteiger partial charge in [0.2, 0.25) is 11.8 Å². The third-order valence-corrected chi connectivity index (χ3v) is 5.47. The molecular weight excluding hydrogens is 310 g/mol. The lowest BCUT2D eigenvalue weighted by Gasteiger charge is -2.23. The fraction of sp³-hybridized carbons (Fsp3) is 0.706. The van der Waals surface area contributed by atoms with Crippen molar-refractivity contribution in [3.63, 3.8) is 0 Å². The zero-order valence-corrected chi connectivity index (χ0v) is 14.5. The lowest BCUT2D eigenvalue weighted by atomic mass is 10.2. The number of hydrogen-bond acceptors (Lipinski definition) is 4. The molecule has 2 heterocycles. The number of likely N-dealkylation sites (tertiary alicyclic amines) is 1. The van der Waals surface area contributed by atoms with Crippen LogP contribution >= 0.6 is 11.3 Å². The van der Waals surface area contributed by atoms with Gasteiger partial charge < -0.3 is 10.2 Å². The van der Waals surface area contributed by atoms with Crippen LogP contribution in [-0.2, 0) is 16.0 Å². The van der Waals surface area contributed by atoms with Crippen LogP contribution in [0, 0.1) is 0 Å². The van der Waals surface area contributed by atoms with Crippen molar-refractivity contribution < 1.29 is 9.59 Å². The van der Waals surface area contributed by atoms with E-state index in [1.165, 1.54) is 18.5 Å². The van der Waals surface area contributed by atoms with Gasteiger partial charge in [-0.25, -0.2) is 4.98 Å². The largest absolute Gasteiger partial charge is 0.354 e. The number of nitrogens with one attached hydrogen (secondary N) is 1. The quantitative estimate of drug-likeness (QED) is 0.832. The number of aromatic nitrogens is 1. The maximum Gasteiger partial charge on any atom is 0.242 e. The molecule has 1 aliphatic heterocycles. The maximum absolute atomic E-state index is 12.4. The molecule has 23 heavy (non-hydrogen) atoms. The van der Waals surface area contributed by atoms with E-state index in [1.807, 2.05) is 6.92 Å². The topological polar surface area (TPSA) is 62.3 Å². The highest BCUT2D eigenvalue weighted by molar-refractivity contribution is 7.09. The highest BCUT2D eigenvalue weighted by Gasteiger charge is 2.33. The summed E-state index contributed by atoms with van der Waals surface area (Å²) in [4.78, 5) is 30.8. The van der Waals surface area contributed by atoms with Gasteiger partial charge in [-0.05, 0) is 32.1 Å². The van der Waals surface area contributed by atoms with Gasteiger partial charge in [0.25, 0.3) is 0 Å². The summed E-state index contributed by atoms with van der Waals surface area (Å²) in [6, 6.07) is -0.271. The molecule has 126 valence electrons. The van der Waals surface area contributed by atoms with Crippen molar-refractivity contribution in [3.05, 3.63) is 16.1 Å². The molecule has 6 heteroatoms. The first-order chi connectivity index (χ1) is 11.2. The van der Waals surface area contributed by atoms with Crippen LogP contribution in [0.5, 0.6) is 0 Å². The maximum atomic E-state index is 12.4. The van der Waals surface area contributed by atoms with Gasteiger partial charge in [0.1, 0.15) is 6.04 Å². The van der Waals surface area contributed by atoms with Gasteiger partial charge in [-0.3, -0.25) is 9.59 Å². The number of hydrogen-bond donors (Lipinski definition) is 1. The van der Waals surface area contributed by atoms with E-state index in [0.29, 0.717) is 25.4 Å². The van der Waals surface area contributed by atoms with E-state index in [2.05, 4.69) is 15.7 Å². The molecule has 2 fully saturated rings. The number of rotatable bonds is 7. The molecule has 0 aromatic carbocycles. The summed E-state index contributed by atoms with van der Waals surface area (Å²) in [7, 11) is 0. The summed E-state index contributed by atoms with van der Waals surface area (Å²) in [6.45, 7) is 3.31. The van der Waals surface area contributed by atoms with Crippen molar-refractivity contribution in [1.29, 1.82) is 0 Å². The summed E-state index contributed by atoms with van der Waals surface area (Å²) in [5, 5.41) is 6.23. The monoisotopic (exact) mass is 335 g/mol. The number of carbonyl (C=O) groups excluding carboxylic acids is 2. The van der Waals surface area contributed by atoms with Crippen LogP contribution in [0.3, 0.4) is 0 Å². The van der Waals surface area contributed by atoms with Crippen molar-refractivity contribution >= 4 is 23.2 Å².